The second-order valence-electron chi connectivity index (χ2n) is 2.84. The lowest BCUT2D eigenvalue weighted by Crippen LogP contribution is -2.07. The molecule has 4 nitrogen and oxygen atoms in total. The van der Waals surface area contributed by atoms with Crippen LogP contribution in [0.1, 0.15) is 5.56 Å². The number of hydrogen-bond acceptors (Lipinski definition) is 3. The number of thiol groups is 1. The second kappa shape index (κ2) is 5.05. The Morgan fingerprint density at radius 2 is 1.56 bits per heavy atom. The summed E-state index contributed by atoms with van der Waals surface area (Å²) in [5.74, 6) is -2.74. The van der Waals surface area contributed by atoms with Crippen LogP contribution in [0.5, 0.6) is 0 Å². The van der Waals surface area contributed by atoms with Gasteiger partial charge in [-0.1, -0.05) is 23.7 Å². The van der Waals surface area contributed by atoms with Crippen LogP contribution in [0, 0.1) is 0 Å². The maximum atomic E-state index is 10.9. The van der Waals surface area contributed by atoms with Gasteiger partial charge >= 0.3 is 11.9 Å². The summed E-state index contributed by atoms with van der Waals surface area (Å²) in [6, 6.07) is 5.79. The van der Waals surface area contributed by atoms with E-state index in [9.17, 15) is 9.59 Å². The first-order valence-electron chi connectivity index (χ1n) is 4.09. The van der Waals surface area contributed by atoms with E-state index < -0.39 is 16.8 Å². The molecule has 0 aliphatic carbocycles. The van der Waals surface area contributed by atoms with Crippen LogP contribution in [-0.2, 0) is 9.59 Å². The molecule has 6 heteroatoms. The summed E-state index contributed by atoms with van der Waals surface area (Å²) in [4.78, 5) is 21.1. The number of carboxylic acid groups (broad SMARTS) is 2. The van der Waals surface area contributed by atoms with Crippen LogP contribution in [0.4, 0.5) is 0 Å². The van der Waals surface area contributed by atoms with Gasteiger partial charge in [0.2, 0.25) is 0 Å². The maximum absolute atomic E-state index is 10.9. The Morgan fingerprint density at radius 1 is 1.06 bits per heavy atom. The van der Waals surface area contributed by atoms with E-state index in [4.69, 9.17) is 21.8 Å². The van der Waals surface area contributed by atoms with Gasteiger partial charge in [-0.05, 0) is 17.7 Å². The molecule has 0 saturated carbocycles. The molecule has 0 fully saturated rings. The van der Waals surface area contributed by atoms with Crippen molar-refractivity contribution in [3.8, 4) is 0 Å². The molecule has 0 unspecified atom stereocenters. The molecule has 84 valence electrons. The fourth-order valence-corrected chi connectivity index (χ4v) is 1.44. The highest BCUT2D eigenvalue weighted by Gasteiger charge is 2.18. The van der Waals surface area contributed by atoms with E-state index in [-0.39, 0.29) is 11.1 Å². The third kappa shape index (κ3) is 2.77. The summed E-state index contributed by atoms with van der Waals surface area (Å²) in [5, 5.41) is 18.0. The fourth-order valence-electron chi connectivity index (χ4n) is 1.08. The highest BCUT2D eigenvalue weighted by molar-refractivity contribution is 7.86. The van der Waals surface area contributed by atoms with E-state index in [1.54, 1.807) is 0 Å². The Hall–Kier alpha value is -1.46. The molecule has 0 spiro atoms. The molecule has 1 rings (SSSR count). The van der Waals surface area contributed by atoms with Gasteiger partial charge in [-0.15, -0.1) is 12.6 Å². The molecular weight excluding hydrogens is 252 g/mol. The standard InChI is InChI=1S/C10H7ClO4S/c11-6-3-1-5(2-4-6)7(9(12)13)8(16)10(14)15/h1-4,16H,(H,12,13)(H,14,15)/b8-7-. The Morgan fingerprint density at radius 3 is 1.94 bits per heavy atom. The van der Waals surface area contributed by atoms with Crippen LogP contribution < -0.4 is 0 Å². The molecule has 0 radical (unpaired) electrons. The van der Waals surface area contributed by atoms with Gasteiger partial charge in [0.25, 0.3) is 0 Å². The normalized spacial score (nSPS) is 11.9. The van der Waals surface area contributed by atoms with Crippen LogP contribution >= 0.6 is 24.2 Å². The number of carboxylic acids is 2. The first-order valence-corrected chi connectivity index (χ1v) is 4.91. The predicted octanol–water partition coefficient (Wildman–Crippen LogP) is 2.15. The molecule has 0 heterocycles. The average Bonchev–Trinajstić information content (AvgIpc) is 2.20. The lowest BCUT2D eigenvalue weighted by Gasteiger charge is -2.04. The number of aliphatic carboxylic acids is 2. The third-order valence-electron chi connectivity index (χ3n) is 1.79. The van der Waals surface area contributed by atoms with Crippen molar-refractivity contribution >= 4 is 41.7 Å². The Labute approximate surface area is 102 Å². The molecule has 0 amide bonds. The van der Waals surface area contributed by atoms with Crippen molar-refractivity contribution in [3.05, 3.63) is 39.8 Å². The van der Waals surface area contributed by atoms with Gasteiger partial charge in [-0.2, -0.15) is 0 Å². The number of benzene rings is 1. The minimum absolute atomic E-state index is 0.240. The van der Waals surface area contributed by atoms with Crippen molar-refractivity contribution in [2.75, 3.05) is 0 Å². The van der Waals surface area contributed by atoms with E-state index >= 15 is 0 Å². The number of rotatable bonds is 3. The summed E-state index contributed by atoms with van der Waals surface area (Å²) in [5.41, 5.74) is -0.128. The second-order valence-corrected chi connectivity index (χ2v) is 3.72. The molecule has 2 N–H and O–H groups in total. The summed E-state index contributed by atoms with van der Waals surface area (Å²) in [6.07, 6.45) is 0. The fraction of sp³-hybridized carbons (Fsp3) is 0. The van der Waals surface area contributed by atoms with Crippen LogP contribution in [0.2, 0.25) is 5.02 Å². The topological polar surface area (TPSA) is 74.6 Å². The van der Waals surface area contributed by atoms with Crippen LogP contribution in [0.3, 0.4) is 0 Å². The Balaban J connectivity index is 3.34. The molecule has 0 aliphatic rings. The Bertz CT molecular complexity index is 464. The zero-order valence-corrected chi connectivity index (χ0v) is 9.50. The lowest BCUT2D eigenvalue weighted by atomic mass is 10.1. The highest BCUT2D eigenvalue weighted by Crippen LogP contribution is 2.23. The van der Waals surface area contributed by atoms with E-state index in [1.807, 2.05) is 0 Å². The largest absolute Gasteiger partial charge is 0.478 e. The van der Waals surface area contributed by atoms with E-state index in [2.05, 4.69) is 12.6 Å². The van der Waals surface area contributed by atoms with E-state index in [0.717, 1.165) is 0 Å². The SMILES string of the molecule is O=C(O)/C(S)=C(/C(=O)O)c1ccc(Cl)cc1. The van der Waals surface area contributed by atoms with Crippen molar-refractivity contribution in [1.29, 1.82) is 0 Å². The van der Waals surface area contributed by atoms with Gasteiger partial charge < -0.3 is 10.2 Å². The molecule has 0 bridgehead atoms. The first-order chi connectivity index (χ1) is 7.43. The lowest BCUT2D eigenvalue weighted by molar-refractivity contribution is -0.133. The van der Waals surface area contributed by atoms with Crippen molar-refractivity contribution in [3.63, 3.8) is 0 Å². The summed E-state index contributed by atoms with van der Waals surface area (Å²) >= 11 is 9.30. The van der Waals surface area contributed by atoms with Gasteiger partial charge in [0.15, 0.2) is 0 Å². The molecule has 1 aromatic carbocycles. The quantitative estimate of drug-likeness (QED) is 0.574. The summed E-state index contributed by atoms with van der Waals surface area (Å²) < 4.78 is 0. The minimum Gasteiger partial charge on any atom is -0.478 e. The minimum atomic E-state index is -1.39. The van der Waals surface area contributed by atoms with Crippen LogP contribution in [0.15, 0.2) is 29.2 Å². The smallest absolute Gasteiger partial charge is 0.342 e. The van der Waals surface area contributed by atoms with Crippen LogP contribution in [-0.4, -0.2) is 22.2 Å². The van der Waals surface area contributed by atoms with Crippen LogP contribution in [0.25, 0.3) is 5.57 Å². The predicted molar refractivity (Wildman–Crippen MR) is 62.6 cm³/mol. The van der Waals surface area contributed by atoms with Gasteiger partial charge in [0, 0.05) is 5.02 Å². The molecule has 0 aliphatic heterocycles. The van der Waals surface area contributed by atoms with Crippen molar-refractivity contribution < 1.29 is 19.8 Å². The molecule has 0 saturated heterocycles. The average molecular weight is 259 g/mol. The van der Waals surface area contributed by atoms with Gasteiger partial charge in [-0.3, -0.25) is 0 Å². The molecule has 16 heavy (non-hydrogen) atoms. The zero-order valence-electron chi connectivity index (χ0n) is 7.85. The van der Waals surface area contributed by atoms with Gasteiger partial charge in [0.05, 0.1) is 5.57 Å². The zero-order chi connectivity index (χ0) is 12.3. The maximum Gasteiger partial charge on any atom is 0.342 e. The number of carbonyl (C=O) groups is 2. The van der Waals surface area contributed by atoms with Gasteiger partial charge in [-0.25, -0.2) is 9.59 Å². The van der Waals surface area contributed by atoms with E-state index in [1.165, 1.54) is 24.3 Å². The first kappa shape index (κ1) is 12.6. The summed E-state index contributed by atoms with van der Waals surface area (Å²) in [7, 11) is 0. The van der Waals surface area contributed by atoms with Crippen molar-refractivity contribution in [2.45, 2.75) is 0 Å². The highest BCUT2D eigenvalue weighted by atomic mass is 35.5. The molecule has 0 aromatic heterocycles. The third-order valence-corrected chi connectivity index (χ3v) is 2.45. The monoisotopic (exact) mass is 258 g/mol. The molecule has 1 aromatic rings. The molecular formula is C10H7ClO4S. The van der Waals surface area contributed by atoms with Crippen molar-refractivity contribution in [1.82, 2.24) is 0 Å². The summed E-state index contributed by atoms with van der Waals surface area (Å²) in [6.45, 7) is 0. The number of hydrogen-bond donors (Lipinski definition) is 3. The van der Waals surface area contributed by atoms with Crippen molar-refractivity contribution in [2.24, 2.45) is 0 Å². The Kier molecular flexibility index (Phi) is 3.98. The van der Waals surface area contributed by atoms with Gasteiger partial charge in [0.1, 0.15) is 4.91 Å². The van der Waals surface area contributed by atoms with E-state index in [0.29, 0.717) is 5.02 Å². The number of halogens is 1. The molecule has 0 atom stereocenters.